The third kappa shape index (κ3) is 7.01. The molecule has 0 atom stereocenters. The fraction of sp³-hybridized carbons (Fsp3) is 0.111. The SMILES string of the molecule is COC(=O)/C=C\C(=O)OC(=O)/C=C\C(=O)O. The van der Waals surface area contributed by atoms with Gasteiger partial charge in [0.1, 0.15) is 0 Å². The number of carboxylic acid groups (broad SMARTS) is 1. The highest BCUT2D eigenvalue weighted by Crippen LogP contribution is 1.87. The molecule has 0 saturated heterocycles. The molecule has 16 heavy (non-hydrogen) atoms. The molecule has 0 aromatic carbocycles. The molecule has 0 rings (SSSR count). The molecule has 0 aromatic heterocycles. The number of hydrogen-bond donors (Lipinski definition) is 1. The molecule has 7 nitrogen and oxygen atoms in total. The lowest BCUT2D eigenvalue weighted by atomic mass is 10.5. The Hall–Kier alpha value is -2.44. The van der Waals surface area contributed by atoms with Crippen LogP contribution in [0.3, 0.4) is 0 Å². The molecule has 1 N–H and O–H groups in total. The summed E-state index contributed by atoms with van der Waals surface area (Å²) in [7, 11) is 1.11. The van der Waals surface area contributed by atoms with Gasteiger partial charge in [0.05, 0.1) is 7.11 Å². The Morgan fingerprint density at radius 2 is 1.31 bits per heavy atom. The number of hydrogen-bond acceptors (Lipinski definition) is 6. The van der Waals surface area contributed by atoms with Crippen LogP contribution in [0.4, 0.5) is 0 Å². The van der Waals surface area contributed by atoms with Gasteiger partial charge in [-0.15, -0.1) is 0 Å². The van der Waals surface area contributed by atoms with Crippen molar-refractivity contribution >= 4 is 23.9 Å². The minimum atomic E-state index is -1.35. The van der Waals surface area contributed by atoms with E-state index in [0.29, 0.717) is 18.2 Å². The van der Waals surface area contributed by atoms with Crippen molar-refractivity contribution in [2.45, 2.75) is 0 Å². The van der Waals surface area contributed by atoms with E-state index in [2.05, 4.69) is 9.47 Å². The van der Waals surface area contributed by atoms with Crippen LogP contribution in [0.5, 0.6) is 0 Å². The van der Waals surface area contributed by atoms with Crippen molar-refractivity contribution in [3.05, 3.63) is 24.3 Å². The van der Waals surface area contributed by atoms with Gasteiger partial charge >= 0.3 is 23.9 Å². The van der Waals surface area contributed by atoms with E-state index in [4.69, 9.17) is 5.11 Å². The van der Waals surface area contributed by atoms with Crippen LogP contribution in [0.2, 0.25) is 0 Å². The number of methoxy groups -OCH3 is 1. The number of ether oxygens (including phenoxy) is 2. The highest BCUT2D eigenvalue weighted by Gasteiger charge is 2.05. The Morgan fingerprint density at radius 1 is 0.875 bits per heavy atom. The van der Waals surface area contributed by atoms with Crippen LogP contribution in [0.15, 0.2) is 24.3 Å². The molecule has 0 aliphatic carbocycles. The minimum absolute atomic E-state index is 0.514. The Balaban J connectivity index is 4.16. The lowest BCUT2D eigenvalue weighted by Crippen LogP contribution is -2.08. The van der Waals surface area contributed by atoms with E-state index in [1.54, 1.807) is 0 Å². The average Bonchev–Trinajstić information content (AvgIpc) is 2.23. The summed E-state index contributed by atoms with van der Waals surface area (Å²) >= 11 is 0. The first-order chi connectivity index (χ1) is 7.45. The molecule has 0 heterocycles. The molecule has 0 radical (unpaired) electrons. The van der Waals surface area contributed by atoms with Gasteiger partial charge in [0, 0.05) is 24.3 Å². The van der Waals surface area contributed by atoms with Crippen LogP contribution in [0, 0.1) is 0 Å². The van der Waals surface area contributed by atoms with Crippen LogP contribution >= 0.6 is 0 Å². The number of carbonyl (C=O) groups excluding carboxylic acids is 3. The molecule has 0 fully saturated rings. The number of aliphatic carboxylic acids is 1. The van der Waals surface area contributed by atoms with E-state index in [-0.39, 0.29) is 0 Å². The molecule has 0 unspecified atom stereocenters. The maximum absolute atomic E-state index is 10.8. The highest BCUT2D eigenvalue weighted by molar-refractivity contribution is 6.00. The van der Waals surface area contributed by atoms with Gasteiger partial charge in [-0.1, -0.05) is 0 Å². The van der Waals surface area contributed by atoms with Gasteiger partial charge in [-0.3, -0.25) is 0 Å². The predicted octanol–water partition coefficient (Wildman–Crippen LogP) is -0.574. The second-order valence-electron chi connectivity index (χ2n) is 2.27. The van der Waals surface area contributed by atoms with E-state index >= 15 is 0 Å². The van der Waals surface area contributed by atoms with Gasteiger partial charge in [0.15, 0.2) is 0 Å². The Kier molecular flexibility index (Phi) is 5.88. The quantitative estimate of drug-likeness (QED) is 0.390. The summed E-state index contributed by atoms with van der Waals surface area (Å²) in [5.41, 5.74) is 0. The van der Waals surface area contributed by atoms with E-state index in [0.717, 1.165) is 13.2 Å². The van der Waals surface area contributed by atoms with Crippen molar-refractivity contribution in [3.8, 4) is 0 Å². The summed E-state index contributed by atoms with van der Waals surface area (Å²) in [5, 5.41) is 8.15. The fourth-order valence-electron chi connectivity index (χ4n) is 0.511. The van der Waals surface area contributed by atoms with E-state index in [1.807, 2.05) is 0 Å². The van der Waals surface area contributed by atoms with E-state index in [1.165, 1.54) is 0 Å². The van der Waals surface area contributed by atoms with Crippen LogP contribution in [0.25, 0.3) is 0 Å². The Morgan fingerprint density at radius 3 is 1.75 bits per heavy atom. The summed E-state index contributed by atoms with van der Waals surface area (Å²) in [6.45, 7) is 0. The third-order valence-electron chi connectivity index (χ3n) is 1.12. The first-order valence-corrected chi connectivity index (χ1v) is 3.88. The van der Waals surface area contributed by atoms with Crippen LogP contribution < -0.4 is 0 Å². The fourth-order valence-corrected chi connectivity index (χ4v) is 0.511. The number of esters is 3. The van der Waals surface area contributed by atoms with Gasteiger partial charge in [-0.2, -0.15) is 0 Å². The van der Waals surface area contributed by atoms with Crippen molar-refractivity contribution < 1.29 is 33.8 Å². The van der Waals surface area contributed by atoms with Crippen LogP contribution in [-0.4, -0.2) is 36.1 Å². The Labute approximate surface area is 89.9 Å². The van der Waals surface area contributed by atoms with Crippen molar-refractivity contribution in [3.63, 3.8) is 0 Å². The summed E-state index contributed by atoms with van der Waals surface area (Å²) in [4.78, 5) is 42.0. The van der Waals surface area contributed by atoms with Crippen molar-refractivity contribution in [1.82, 2.24) is 0 Å². The molecule has 0 aliphatic heterocycles. The largest absolute Gasteiger partial charge is 0.478 e. The molecular formula is C9H8O7. The van der Waals surface area contributed by atoms with E-state index in [9.17, 15) is 19.2 Å². The number of rotatable bonds is 4. The van der Waals surface area contributed by atoms with Gasteiger partial charge in [-0.25, -0.2) is 19.2 Å². The monoisotopic (exact) mass is 228 g/mol. The molecule has 7 heteroatoms. The minimum Gasteiger partial charge on any atom is -0.478 e. The molecule has 0 aliphatic rings. The van der Waals surface area contributed by atoms with Crippen LogP contribution in [0.1, 0.15) is 0 Å². The zero-order chi connectivity index (χ0) is 12.6. The van der Waals surface area contributed by atoms with Gasteiger partial charge < -0.3 is 14.6 Å². The normalized spacial score (nSPS) is 10.3. The second-order valence-corrected chi connectivity index (χ2v) is 2.27. The molecule has 0 aromatic rings. The zero-order valence-corrected chi connectivity index (χ0v) is 8.21. The van der Waals surface area contributed by atoms with Gasteiger partial charge in [0.25, 0.3) is 0 Å². The van der Waals surface area contributed by atoms with Gasteiger partial charge in [0.2, 0.25) is 0 Å². The standard InChI is InChI=1S/C9H8O7/c1-15-7(12)4-5-9(14)16-8(13)3-2-6(10)11/h2-5H,1H3,(H,10,11)/b3-2-,5-4-. The molecule has 86 valence electrons. The predicted molar refractivity (Wildman–Crippen MR) is 49.0 cm³/mol. The molecular weight excluding hydrogens is 220 g/mol. The van der Waals surface area contributed by atoms with E-state index < -0.39 is 23.9 Å². The van der Waals surface area contributed by atoms with Crippen molar-refractivity contribution in [1.29, 1.82) is 0 Å². The van der Waals surface area contributed by atoms with Gasteiger partial charge in [-0.05, 0) is 0 Å². The summed E-state index contributed by atoms with van der Waals surface area (Å²) < 4.78 is 8.25. The van der Waals surface area contributed by atoms with Crippen molar-refractivity contribution in [2.24, 2.45) is 0 Å². The summed E-state index contributed by atoms with van der Waals surface area (Å²) in [6.07, 6.45) is 2.51. The van der Waals surface area contributed by atoms with Crippen molar-refractivity contribution in [2.75, 3.05) is 7.11 Å². The maximum atomic E-state index is 10.8. The number of carbonyl (C=O) groups is 4. The number of carboxylic acids is 1. The first-order valence-electron chi connectivity index (χ1n) is 3.88. The third-order valence-corrected chi connectivity index (χ3v) is 1.12. The maximum Gasteiger partial charge on any atom is 0.338 e. The zero-order valence-electron chi connectivity index (χ0n) is 8.21. The average molecular weight is 228 g/mol. The lowest BCUT2D eigenvalue weighted by molar-refractivity contribution is -0.153. The Bertz CT molecular complexity index is 364. The first kappa shape index (κ1) is 13.6. The summed E-state index contributed by atoms with van der Waals surface area (Å²) in [5.74, 6) is -4.40. The molecule has 0 amide bonds. The second kappa shape index (κ2) is 6.93. The molecule has 0 bridgehead atoms. The molecule has 0 spiro atoms. The van der Waals surface area contributed by atoms with Crippen LogP contribution in [-0.2, 0) is 28.7 Å². The highest BCUT2D eigenvalue weighted by atomic mass is 16.6. The lowest BCUT2D eigenvalue weighted by Gasteiger charge is -1.93. The topological polar surface area (TPSA) is 107 Å². The molecule has 0 saturated carbocycles. The smallest absolute Gasteiger partial charge is 0.338 e. The summed E-state index contributed by atoms with van der Waals surface area (Å²) in [6, 6.07) is 0.